The summed E-state index contributed by atoms with van der Waals surface area (Å²) in [5.74, 6) is 0.0753. The van der Waals surface area contributed by atoms with Crippen LogP contribution in [0.25, 0.3) is 0 Å². The summed E-state index contributed by atoms with van der Waals surface area (Å²) in [6.07, 6.45) is 0. The third-order valence-electron chi connectivity index (χ3n) is 3.44. The molecule has 1 aromatic carbocycles. The topological polar surface area (TPSA) is 67.9 Å². The Labute approximate surface area is 110 Å². The van der Waals surface area contributed by atoms with Crippen molar-refractivity contribution in [1.82, 2.24) is 5.32 Å². The van der Waals surface area contributed by atoms with E-state index in [1.807, 2.05) is 0 Å². The van der Waals surface area contributed by atoms with Gasteiger partial charge in [0.1, 0.15) is 5.75 Å². The van der Waals surface area contributed by atoms with E-state index in [2.05, 4.69) is 5.32 Å². The lowest BCUT2D eigenvalue weighted by molar-refractivity contribution is -0.122. The van der Waals surface area contributed by atoms with E-state index in [4.69, 9.17) is 9.47 Å². The minimum absolute atomic E-state index is 0.207. The predicted molar refractivity (Wildman–Crippen MR) is 67.1 cm³/mol. The van der Waals surface area contributed by atoms with Gasteiger partial charge in [0.2, 0.25) is 5.91 Å². The Morgan fingerprint density at radius 1 is 1.37 bits per heavy atom. The van der Waals surface area contributed by atoms with Gasteiger partial charge in [0.05, 0.1) is 38.0 Å². The van der Waals surface area contributed by atoms with E-state index in [0.29, 0.717) is 24.7 Å². The summed E-state index contributed by atoms with van der Waals surface area (Å²) in [6.45, 7) is 0.748. The molecule has 1 aromatic rings. The number of methoxy groups -OCH3 is 1. The van der Waals surface area contributed by atoms with Crippen LogP contribution in [0.1, 0.15) is 0 Å². The van der Waals surface area contributed by atoms with Gasteiger partial charge in [-0.05, 0) is 12.1 Å². The average Bonchev–Trinajstić information content (AvgIpc) is 2.87. The molecule has 0 aliphatic carbocycles. The first kappa shape index (κ1) is 12.0. The normalized spacial score (nSPS) is 26.1. The van der Waals surface area contributed by atoms with Crippen LogP contribution in [-0.4, -0.2) is 38.3 Å². The van der Waals surface area contributed by atoms with E-state index < -0.39 is 6.03 Å². The molecular weight excluding hydrogens is 248 g/mol. The molecule has 0 bridgehead atoms. The van der Waals surface area contributed by atoms with Crippen molar-refractivity contribution in [2.75, 3.05) is 25.2 Å². The minimum Gasteiger partial charge on any atom is -0.497 e. The number of nitrogens with zero attached hydrogens (tertiary/aromatic N) is 1. The molecule has 1 N–H and O–H groups in total. The molecular formula is C13H14N2O4. The summed E-state index contributed by atoms with van der Waals surface area (Å²) in [7, 11) is 1.54. The number of imide groups is 1. The molecule has 2 heterocycles. The van der Waals surface area contributed by atoms with Crippen molar-refractivity contribution in [2.24, 2.45) is 5.92 Å². The number of hydrogen-bond donors (Lipinski definition) is 1. The fourth-order valence-corrected chi connectivity index (χ4v) is 2.42. The number of carbonyl (C=O) groups excluding carboxylic acids is 2. The van der Waals surface area contributed by atoms with Crippen LogP contribution in [0.15, 0.2) is 24.3 Å². The van der Waals surface area contributed by atoms with Crippen LogP contribution in [0.4, 0.5) is 10.5 Å². The number of carbonyl (C=O) groups is 2. The number of anilines is 1. The molecule has 0 spiro atoms. The van der Waals surface area contributed by atoms with Gasteiger partial charge >= 0.3 is 6.03 Å². The Bertz CT molecular complexity index is 531. The van der Waals surface area contributed by atoms with Crippen molar-refractivity contribution in [3.8, 4) is 5.75 Å². The molecule has 2 unspecified atom stereocenters. The molecule has 0 radical (unpaired) electrons. The van der Waals surface area contributed by atoms with Gasteiger partial charge in [0, 0.05) is 6.07 Å². The Morgan fingerprint density at radius 2 is 2.21 bits per heavy atom. The Balaban J connectivity index is 1.94. The monoisotopic (exact) mass is 262 g/mol. The molecule has 3 amide bonds. The molecule has 2 aliphatic rings. The first-order valence-electron chi connectivity index (χ1n) is 6.07. The van der Waals surface area contributed by atoms with Gasteiger partial charge in [0.25, 0.3) is 0 Å². The van der Waals surface area contributed by atoms with Crippen molar-refractivity contribution in [2.45, 2.75) is 6.04 Å². The van der Waals surface area contributed by atoms with Gasteiger partial charge < -0.3 is 14.8 Å². The Hall–Kier alpha value is -2.08. The molecule has 6 heteroatoms. The average molecular weight is 262 g/mol. The number of benzene rings is 1. The summed E-state index contributed by atoms with van der Waals surface area (Å²) >= 11 is 0. The predicted octanol–water partition coefficient (Wildman–Crippen LogP) is 0.766. The molecule has 0 saturated carbocycles. The van der Waals surface area contributed by atoms with Crippen molar-refractivity contribution >= 4 is 17.6 Å². The summed E-state index contributed by atoms with van der Waals surface area (Å²) in [5, 5.41) is 2.80. The van der Waals surface area contributed by atoms with Crippen LogP contribution in [0.3, 0.4) is 0 Å². The van der Waals surface area contributed by atoms with Crippen LogP contribution in [0.2, 0.25) is 0 Å². The first-order chi connectivity index (χ1) is 9.20. The van der Waals surface area contributed by atoms with Gasteiger partial charge in [-0.1, -0.05) is 6.07 Å². The molecule has 2 saturated heterocycles. The maximum absolute atomic E-state index is 12.4. The third-order valence-corrected chi connectivity index (χ3v) is 3.44. The first-order valence-corrected chi connectivity index (χ1v) is 6.07. The van der Waals surface area contributed by atoms with Crippen LogP contribution in [-0.2, 0) is 9.53 Å². The van der Waals surface area contributed by atoms with E-state index in [0.717, 1.165) is 4.90 Å². The molecule has 0 aromatic heterocycles. The highest BCUT2D eigenvalue weighted by Gasteiger charge is 2.45. The molecule has 6 nitrogen and oxygen atoms in total. The lowest BCUT2D eigenvalue weighted by atomic mass is 9.99. The van der Waals surface area contributed by atoms with Crippen LogP contribution in [0, 0.1) is 5.92 Å². The molecule has 2 fully saturated rings. The summed E-state index contributed by atoms with van der Waals surface area (Å²) in [4.78, 5) is 25.6. The van der Waals surface area contributed by atoms with E-state index >= 15 is 0 Å². The standard InChI is InChI=1S/C13H14N2O4/c1-18-9-4-2-3-8(5-9)15-12(16)10-6-19-7-11(10)14-13(15)17/h2-5,10-11H,6-7H2,1H3,(H,14,17). The quantitative estimate of drug-likeness (QED) is 0.854. The van der Waals surface area contributed by atoms with Gasteiger partial charge in [-0.15, -0.1) is 0 Å². The zero-order valence-corrected chi connectivity index (χ0v) is 10.5. The lowest BCUT2D eigenvalue weighted by Gasteiger charge is -2.32. The summed E-state index contributed by atoms with van der Waals surface area (Å²) < 4.78 is 10.4. The highest BCUT2D eigenvalue weighted by Crippen LogP contribution is 2.28. The fraction of sp³-hybridized carbons (Fsp3) is 0.385. The fourth-order valence-electron chi connectivity index (χ4n) is 2.42. The number of fused-ring (bicyclic) bond motifs is 1. The van der Waals surface area contributed by atoms with Gasteiger partial charge in [-0.2, -0.15) is 0 Å². The van der Waals surface area contributed by atoms with E-state index in [1.54, 1.807) is 24.3 Å². The van der Waals surface area contributed by atoms with Crippen LogP contribution >= 0.6 is 0 Å². The Kier molecular flexibility index (Phi) is 2.87. The van der Waals surface area contributed by atoms with E-state index in [1.165, 1.54) is 7.11 Å². The smallest absolute Gasteiger partial charge is 0.329 e. The summed E-state index contributed by atoms with van der Waals surface area (Å²) in [6, 6.07) is 6.25. The zero-order chi connectivity index (χ0) is 13.4. The van der Waals surface area contributed by atoms with Gasteiger partial charge in [-0.3, -0.25) is 4.79 Å². The van der Waals surface area contributed by atoms with Crippen molar-refractivity contribution in [1.29, 1.82) is 0 Å². The molecule has 100 valence electrons. The van der Waals surface area contributed by atoms with Crippen molar-refractivity contribution < 1.29 is 19.1 Å². The molecule has 19 heavy (non-hydrogen) atoms. The second-order valence-corrected chi connectivity index (χ2v) is 4.58. The second kappa shape index (κ2) is 4.55. The highest BCUT2D eigenvalue weighted by molar-refractivity contribution is 6.17. The van der Waals surface area contributed by atoms with Crippen LogP contribution in [0.5, 0.6) is 5.75 Å². The number of amides is 3. The third kappa shape index (κ3) is 1.94. The molecule has 3 rings (SSSR count). The van der Waals surface area contributed by atoms with Gasteiger partial charge in [0.15, 0.2) is 0 Å². The van der Waals surface area contributed by atoms with E-state index in [-0.39, 0.29) is 17.9 Å². The van der Waals surface area contributed by atoms with Crippen LogP contribution < -0.4 is 15.0 Å². The Morgan fingerprint density at radius 3 is 3.00 bits per heavy atom. The highest BCUT2D eigenvalue weighted by atomic mass is 16.5. The number of ether oxygens (including phenoxy) is 2. The SMILES string of the molecule is COc1cccc(N2C(=O)NC3COCC3C2=O)c1. The number of urea groups is 1. The number of rotatable bonds is 2. The molecule has 2 aliphatic heterocycles. The maximum atomic E-state index is 12.4. The van der Waals surface area contributed by atoms with Crippen molar-refractivity contribution in [3.05, 3.63) is 24.3 Å². The summed E-state index contributed by atoms with van der Waals surface area (Å²) in [5.41, 5.74) is 0.507. The lowest BCUT2D eigenvalue weighted by Crippen LogP contribution is -2.59. The van der Waals surface area contributed by atoms with Crippen molar-refractivity contribution in [3.63, 3.8) is 0 Å². The minimum atomic E-state index is -0.412. The number of hydrogen-bond acceptors (Lipinski definition) is 4. The van der Waals surface area contributed by atoms with Gasteiger partial charge in [-0.25, -0.2) is 9.69 Å². The maximum Gasteiger partial charge on any atom is 0.329 e. The molecule has 2 atom stereocenters. The van der Waals surface area contributed by atoms with E-state index in [9.17, 15) is 9.59 Å². The second-order valence-electron chi connectivity index (χ2n) is 4.58. The zero-order valence-electron chi connectivity index (χ0n) is 10.5. The largest absolute Gasteiger partial charge is 0.497 e. The number of nitrogens with one attached hydrogen (secondary N) is 1.